The van der Waals surface area contributed by atoms with Crippen LogP contribution in [0.5, 0.6) is 0 Å². The van der Waals surface area contributed by atoms with Gasteiger partial charge in [-0.05, 0) is 19.5 Å². The van der Waals surface area contributed by atoms with Crippen molar-refractivity contribution in [2.45, 2.75) is 19.8 Å². The maximum absolute atomic E-state index is 10.7. The SMILES string of the molecule is C=CCOC(=O)C(=C)C.C=CCOC(=O)C=C.C=CN1CCCC1=O. The second kappa shape index (κ2) is 16.0. The first-order chi connectivity index (χ1) is 11.8. The molecular formula is C19H27NO5. The van der Waals surface area contributed by atoms with Crippen molar-refractivity contribution in [1.29, 1.82) is 0 Å². The lowest BCUT2D eigenvalue weighted by atomic mass is 10.4. The summed E-state index contributed by atoms with van der Waals surface area (Å²) in [6.07, 6.45) is 7.41. The average Bonchev–Trinajstić information content (AvgIpc) is 3.03. The summed E-state index contributed by atoms with van der Waals surface area (Å²) in [5.74, 6) is -0.570. The highest BCUT2D eigenvalue weighted by molar-refractivity contribution is 5.86. The molecule has 1 aliphatic rings. The van der Waals surface area contributed by atoms with Crippen LogP contribution >= 0.6 is 0 Å². The normalized spacial score (nSPS) is 11.6. The van der Waals surface area contributed by atoms with E-state index in [1.165, 1.54) is 12.2 Å². The van der Waals surface area contributed by atoms with Gasteiger partial charge in [0.2, 0.25) is 5.91 Å². The predicted molar refractivity (Wildman–Crippen MR) is 98.5 cm³/mol. The molecule has 0 radical (unpaired) electrons. The van der Waals surface area contributed by atoms with E-state index in [1.54, 1.807) is 18.0 Å². The van der Waals surface area contributed by atoms with E-state index >= 15 is 0 Å². The predicted octanol–water partition coefficient (Wildman–Crippen LogP) is 2.95. The van der Waals surface area contributed by atoms with Gasteiger partial charge in [0.25, 0.3) is 0 Å². The number of carbonyl (C=O) groups excluding carboxylic acids is 3. The molecule has 1 fully saturated rings. The summed E-state index contributed by atoms with van der Waals surface area (Å²) in [4.78, 5) is 33.0. The largest absolute Gasteiger partial charge is 0.458 e. The Morgan fingerprint density at radius 2 is 1.68 bits per heavy atom. The fraction of sp³-hybridized carbons (Fsp3) is 0.316. The molecule has 0 saturated carbocycles. The van der Waals surface area contributed by atoms with Crippen molar-refractivity contribution in [3.05, 3.63) is 62.9 Å². The van der Waals surface area contributed by atoms with Gasteiger partial charge in [-0.15, -0.1) is 0 Å². The summed E-state index contributed by atoms with van der Waals surface area (Å²) in [6, 6.07) is 0. The highest BCUT2D eigenvalue weighted by Gasteiger charge is 2.15. The van der Waals surface area contributed by atoms with Crippen LogP contribution in [0.2, 0.25) is 0 Å². The lowest BCUT2D eigenvalue weighted by Crippen LogP contribution is -2.16. The van der Waals surface area contributed by atoms with Crippen LogP contribution in [0.4, 0.5) is 0 Å². The number of carbonyl (C=O) groups is 3. The molecule has 1 amide bonds. The van der Waals surface area contributed by atoms with E-state index in [4.69, 9.17) is 0 Å². The molecule has 138 valence electrons. The first-order valence-electron chi connectivity index (χ1n) is 7.59. The molecule has 0 aromatic rings. The zero-order valence-electron chi connectivity index (χ0n) is 14.9. The molecule has 0 N–H and O–H groups in total. The smallest absolute Gasteiger partial charge is 0.333 e. The minimum absolute atomic E-state index is 0.208. The third-order valence-electron chi connectivity index (χ3n) is 2.52. The Morgan fingerprint density at radius 3 is 2.00 bits per heavy atom. The minimum atomic E-state index is -0.412. The Bertz CT molecular complexity index is 508. The van der Waals surface area contributed by atoms with Gasteiger partial charge in [-0.1, -0.05) is 45.0 Å². The molecule has 0 aromatic carbocycles. The van der Waals surface area contributed by atoms with Crippen LogP contribution in [0.1, 0.15) is 19.8 Å². The molecule has 25 heavy (non-hydrogen) atoms. The summed E-state index contributed by atoms with van der Waals surface area (Å²) in [6.45, 7) is 19.8. The zero-order valence-corrected chi connectivity index (χ0v) is 14.9. The topological polar surface area (TPSA) is 72.9 Å². The van der Waals surface area contributed by atoms with Crippen molar-refractivity contribution >= 4 is 17.8 Å². The van der Waals surface area contributed by atoms with Crippen LogP contribution in [0, 0.1) is 0 Å². The summed E-state index contributed by atoms with van der Waals surface area (Å²) in [5, 5.41) is 0. The standard InChI is InChI=1S/C7H10O2.C6H9NO.C6H8O2/c1-4-5-9-7(8)6(2)3;1-2-7-5-3-4-6(7)8;1-3-5-8-6(7)4-2/h4H,1-2,5H2,3H3;2H,1,3-5H2;3-4H,1-2,5H2. The fourth-order valence-corrected chi connectivity index (χ4v) is 1.32. The van der Waals surface area contributed by atoms with Crippen molar-refractivity contribution in [3.8, 4) is 0 Å². The van der Waals surface area contributed by atoms with Crippen LogP contribution in [0.25, 0.3) is 0 Å². The molecule has 1 saturated heterocycles. The maximum atomic E-state index is 10.7. The quantitative estimate of drug-likeness (QED) is 0.401. The van der Waals surface area contributed by atoms with E-state index in [9.17, 15) is 14.4 Å². The molecule has 6 nitrogen and oxygen atoms in total. The lowest BCUT2D eigenvalue weighted by molar-refractivity contribution is -0.138. The Hall–Kier alpha value is -2.89. The molecular weight excluding hydrogens is 322 g/mol. The van der Waals surface area contributed by atoms with E-state index in [1.807, 2.05) is 0 Å². The van der Waals surface area contributed by atoms with Gasteiger partial charge < -0.3 is 14.4 Å². The van der Waals surface area contributed by atoms with Crippen LogP contribution < -0.4 is 0 Å². The number of esters is 2. The van der Waals surface area contributed by atoms with Crippen molar-refractivity contribution in [3.63, 3.8) is 0 Å². The van der Waals surface area contributed by atoms with Gasteiger partial charge in [-0.2, -0.15) is 0 Å². The average molecular weight is 349 g/mol. The van der Waals surface area contributed by atoms with Crippen LogP contribution in [-0.2, 0) is 23.9 Å². The molecule has 0 unspecified atom stereocenters. The number of ether oxygens (including phenoxy) is 2. The van der Waals surface area contributed by atoms with Crippen molar-refractivity contribution in [2.75, 3.05) is 19.8 Å². The Balaban J connectivity index is 0. The van der Waals surface area contributed by atoms with Gasteiger partial charge in [0, 0.05) is 24.6 Å². The Labute approximate surface area is 149 Å². The van der Waals surface area contributed by atoms with Gasteiger partial charge in [0.1, 0.15) is 13.2 Å². The second-order valence-electron chi connectivity index (χ2n) is 4.66. The molecule has 0 spiro atoms. The number of likely N-dealkylation sites (tertiary alicyclic amines) is 1. The molecule has 0 atom stereocenters. The van der Waals surface area contributed by atoms with E-state index in [2.05, 4.69) is 42.4 Å². The van der Waals surface area contributed by atoms with Crippen molar-refractivity contribution < 1.29 is 23.9 Å². The molecule has 0 aromatic heterocycles. The number of hydrogen-bond acceptors (Lipinski definition) is 5. The molecule has 0 aliphatic carbocycles. The number of nitrogens with zero attached hydrogens (tertiary/aromatic N) is 1. The summed E-state index contributed by atoms with van der Waals surface area (Å²) < 4.78 is 9.06. The minimum Gasteiger partial charge on any atom is -0.458 e. The third kappa shape index (κ3) is 14.4. The van der Waals surface area contributed by atoms with Gasteiger partial charge in [0.05, 0.1) is 0 Å². The van der Waals surface area contributed by atoms with Gasteiger partial charge in [0.15, 0.2) is 0 Å². The van der Waals surface area contributed by atoms with Gasteiger partial charge in [-0.25, -0.2) is 9.59 Å². The van der Waals surface area contributed by atoms with E-state index in [-0.39, 0.29) is 25.1 Å². The van der Waals surface area contributed by atoms with E-state index in [0.717, 1.165) is 19.0 Å². The van der Waals surface area contributed by atoms with Gasteiger partial charge in [-0.3, -0.25) is 4.79 Å². The monoisotopic (exact) mass is 349 g/mol. The third-order valence-corrected chi connectivity index (χ3v) is 2.52. The summed E-state index contributed by atoms with van der Waals surface area (Å²) in [5.41, 5.74) is 0.414. The molecule has 0 bridgehead atoms. The van der Waals surface area contributed by atoms with Crippen LogP contribution in [0.3, 0.4) is 0 Å². The summed E-state index contributed by atoms with van der Waals surface area (Å²) in [7, 11) is 0. The summed E-state index contributed by atoms with van der Waals surface area (Å²) >= 11 is 0. The molecule has 1 rings (SSSR count). The molecule has 1 heterocycles. The first kappa shape index (κ1) is 24.4. The van der Waals surface area contributed by atoms with Crippen LogP contribution in [-0.4, -0.2) is 42.5 Å². The number of rotatable bonds is 7. The molecule has 1 aliphatic heterocycles. The van der Waals surface area contributed by atoms with Crippen molar-refractivity contribution in [2.24, 2.45) is 0 Å². The highest BCUT2D eigenvalue weighted by atomic mass is 16.5. The first-order valence-corrected chi connectivity index (χ1v) is 7.59. The highest BCUT2D eigenvalue weighted by Crippen LogP contribution is 2.08. The fourth-order valence-electron chi connectivity index (χ4n) is 1.32. The van der Waals surface area contributed by atoms with Gasteiger partial charge >= 0.3 is 11.9 Å². The van der Waals surface area contributed by atoms with E-state index in [0.29, 0.717) is 12.0 Å². The Kier molecular flexibility index (Phi) is 15.6. The molecule has 6 heteroatoms. The number of amides is 1. The maximum Gasteiger partial charge on any atom is 0.333 e. The zero-order chi connectivity index (χ0) is 19.7. The van der Waals surface area contributed by atoms with Crippen molar-refractivity contribution in [1.82, 2.24) is 4.90 Å². The number of hydrogen-bond donors (Lipinski definition) is 0. The van der Waals surface area contributed by atoms with E-state index < -0.39 is 5.97 Å². The van der Waals surface area contributed by atoms with Crippen LogP contribution in [0.15, 0.2) is 62.9 Å². The lowest BCUT2D eigenvalue weighted by Gasteiger charge is -2.05. The second-order valence-corrected chi connectivity index (χ2v) is 4.66. The Morgan fingerprint density at radius 1 is 1.12 bits per heavy atom.